The Morgan fingerprint density at radius 2 is 0.845 bits per heavy atom. The fraction of sp³-hybridized carbons (Fsp3) is 0. The number of benzene rings is 10. The van der Waals surface area contributed by atoms with Crippen molar-refractivity contribution in [2.24, 2.45) is 0 Å². The van der Waals surface area contributed by atoms with Crippen LogP contribution in [0, 0.1) is 0 Å². The summed E-state index contributed by atoms with van der Waals surface area (Å²) in [7, 11) is 0. The molecule has 0 N–H and O–H groups in total. The molecule has 0 radical (unpaired) electrons. The molecule has 0 unspecified atom stereocenters. The zero-order valence-corrected chi connectivity index (χ0v) is 31.7. The first kappa shape index (κ1) is 33.6. The average molecular weight is 740 g/mol. The van der Waals surface area contributed by atoms with E-state index in [9.17, 15) is 0 Å². The van der Waals surface area contributed by atoms with Crippen LogP contribution in [0.15, 0.2) is 229 Å². The van der Waals surface area contributed by atoms with E-state index in [4.69, 9.17) is 4.42 Å². The van der Waals surface area contributed by atoms with Gasteiger partial charge in [0.15, 0.2) is 0 Å². The minimum absolute atomic E-state index is 0.866. The van der Waals surface area contributed by atoms with E-state index in [0.29, 0.717) is 0 Å². The van der Waals surface area contributed by atoms with Crippen molar-refractivity contribution in [1.82, 2.24) is 0 Å². The SMILES string of the molecule is c1ccc(-c2ccc(-c3ccccc3N(c3ccc(-c4cc5ccccc5c5ccccc45)cc3)c3ccc(-c4ccccc4)c4oc5ccccc5c34)cc2)cc1. The van der Waals surface area contributed by atoms with Gasteiger partial charge in [-0.15, -0.1) is 0 Å². The molecule has 0 saturated carbocycles. The molecule has 1 aromatic heterocycles. The number of para-hydroxylation sites is 2. The molecule has 2 nitrogen and oxygen atoms in total. The van der Waals surface area contributed by atoms with Crippen molar-refractivity contribution in [3.05, 3.63) is 224 Å². The van der Waals surface area contributed by atoms with Gasteiger partial charge in [0.2, 0.25) is 0 Å². The summed E-state index contributed by atoms with van der Waals surface area (Å²) < 4.78 is 6.80. The number of fused-ring (bicyclic) bond motifs is 6. The van der Waals surface area contributed by atoms with Gasteiger partial charge in [0.05, 0.1) is 16.8 Å². The molecular formula is C56H37NO. The van der Waals surface area contributed by atoms with E-state index in [0.717, 1.165) is 61.3 Å². The summed E-state index contributed by atoms with van der Waals surface area (Å²) in [4.78, 5) is 2.42. The highest BCUT2D eigenvalue weighted by molar-refractivity contribution is 6.18. The van der Waals surface area contributed by atoms with Gasteiger partial charge in [-0.3, -0.25) is 0 Å². The predicted molar refractivity (Wildman–Crippen MR) is 245 cm³/mol. The largest absolute Gasteiger partial charge is 0.455 e. The summed E-state index contributed by atoms with van der Waals surface area (Å²) in [6, 6.07) is 80.6. The predicted octanol–water partition coefficient (Wildman–Crippen LogP) is 16.0. The Balaban J connectivity index is 1.13. The normalized spacial score (nSPS) is 11.4. The molecule has 0 aliphatic heterocycles. The first-order valence-electron chi connectivity index (χ1n) is 19.8. The molecule has 0 spiro atoms. The number of anilines is 3. The molecule has 11 rings (SSSR count). The standard InChI is InChI=1S/C56H37NO/c1-3-15-38(16-4-1)39-27-29-41(30-28-39)46-21-11-13-25-52(46)57(53-36-35-47(40-17-5-2-6-18-40)56-55(53)50-24-12-14-26-54(50)58-56)44-33-31-42(32-34-44)51-37-43-19-7-8-20-45(43)48-22-9-10-23-49(48)51/h1-37H. The van der Waals surface area contributed by atoms with E-state index in [1.54, 1.807) is 0 Å². The van der Waals surface area contributed by atoms with Crippen LogP contribution in [0.5, 0.6) is 0 Å². The summed E-state index contributed by atoms with van der Waals surface area (Å²) in [5, 5.41) is 7.18. The maximum atomic E-state index is 6.80. The molecule has 0 atom stereocenters. The van der Waals surface area contributed by atoms with Gasteiger partial charge in [-0.2, -0.15) is 0 Å². The third-order valence-corrected chi connectivity index (χ3v) is 11.5. The van der Waals surface area contributed by atoms with Crippen LogP contribution in [0.1, 0.15) is 0 Å². The Bertz CT molecular complexity index is 3250. The summed E-state index contributed by atoms with van der Waals surface area (Å²) in [6.07, 6.45) is 0. The second-order valence-electron chi connectivity index (χ2n) is 14.8. The fourth-order valence-electron chi connectivity index (χ4n) is 8.72. The Morgan fingerprint density at radius 1 is 0.310 bits per heavy atom. The van der Waals surface area contributed by atoms with E-state index in [2.05, 4.69) is 223 Å². The third-order valence-electron chi connectivity index (χ3n) is 11.5. The topological polar surface area (TPSA) is 16.4 Å². The van der Waals surface area contributed by atoms with Crippen LogP contribution < -0.4 is 4.90 Å². The zero-order chi connectivity index (χ0) is 38.4. The van der Waals surface area contributed by atoms with Crippen LogP contribution in [0.25, 0.3) is 88.0 Å². The Kier molecular flexibility index (Phi) is 8.19. The van der Waals surface area contributed by atoms with Gasteiger partial charge in [0.25, 0.3) is 0 Å². The maximum absolute atomic E-state index is 6.80. The van der Waals surface area contributed by atoms with Crippen LogP contribution in [0.2, 0.25) is 0 Å². The summed E-state index contributed by atoms with van der Waals surface area (Å²) in [5.74, 6) is 0. The fourth-order valence-corrected chi connectivity index (χ4v) is 8.72. The molecule has 0 aliphatic carbocycles. The number of hydrogen-bond donors (Lipinski definition) is 0. The Hall–Kier alpha value is -7.68. The molecule has 2 heteroatoms. The molecular weight excluding hydrogens is 703 g/mol. The van der Waals surface area contributed by atoms with Gasteiger partial charge in [-0.1, -0.05) is 182 Å². The van der Waals surface area contributed by atoms with E-state index in [-0.39, 0.29) is 0 Å². The highest BCUT2D eigenvalue weighted by Gasteiger charge is 2.24. The summed E-state index contributed by atoms with van der Waals surface area (Å²) in [5.41, 5.74) is 14.2. The highest BCUT2D eigenvalue weighted by Crippen LogP contribution is 2.48. The summed E-state index contributed by atoms with van der Waals surface area (Å²) >= 11 is 0. The van der Waals surface area contributed by atoms with Crippen molar-refractivity contribution in [2.75, 3.05) is 4.90 Å². The van der Waals surface area contributed by atoms with E-state index in [1.165, 1.54) is 43.8 Å². The molecule has 0 fully saturated rings. The molecule has 0 aliphatic rings. The van der Waals surface area contributed by atoms with Gasteiger partial charge in [-0.25, -0.2) is 0 Å². The average Bonchev–Trinajstić information content (AvgIpc) is 3.70. The minimum Gasteiger partial charge on any atom is -0.455 e. The quantitative estimate of drug-likeness (QED) is 0.151. The van der Waals surface area contributed by atoms with E-state index >= 15 is 0 Å². The first-order valence-corrected chi connectivity index (χ1v) is 19.8. The molecule has 0 amide bonds. The Labute approximate surface area is 337 Å². The lowest BCUT2D eigenvalue weighted by atomic mass is 9.93. The van der Waals surface area contributed by atoms with Crippen LogP contribution in [-0.2, 0) is 0 Å². The molecule has 272 valence electrons. The van der Waals surface area contributed by atoms with Crippen LogP contribution in [0.3, 0.4) is 0 Å². The van der Waals surface area contributed by atoms with Crippen LogP contribution >= 0.6 is 0 Å². The lowest BCUT2D eigenvalue weighted by Crippen LogP contribution is -2.11. The lowest BCUT2D eigenvalue weighted by Gasteiger charge is -2.29. The molecule has 11 aromatic rings. The molecule has 0 bridgehead atoms. The maximum Gasteiger partial charge on any atom is 0.145 e. The first-order chi connectivity index (χ1) is 28.8. The monoisotopic (exact) mass is 739 g/mol. The van der Waals surface area contributed by atoms with Gasteiger partial charge in [0, 0.05) is 22.2 Å². The number of nitrogens with zero attached hydrogens (tertiary/aromatic N) is 1. The van der Waals surface area contributed by atoms with Gasteiger partial charge < -0.3 is 9.32 Å². The van der Waals surface area contributed by atoms with E-state index in [1.807, 2.05) is 6.07 Å². The van der Waals surface area contributed by atoms with Gasteiger partial charge in [-0.05, 0) is 97.4 Å². The number of furan rings is 1. The number of rotatable bonds is 7. The second-order valence-corrected chi connectivity index (χ2v) is 14.8. The smallest absolute Gasteiger partial charge is 0.145 e. The highest BCUT2D eigenvalue weighted by atomic mass is 16.3. The lowest BCUT2D eigenvalue weighted by molar-refractivity contribution is 0.670. The van der Waals surface area contributed by atoms with Crippen molar-refractivity contribution >= 4 is 60.5 Å². The zero-order valence-electron chi connectivity index (χ0n) is 31.7. The second kappa shape index (κ2) is 14.1. The van der Waals surface area contributed by atoms with Crippen LogP contribution in [0.4, 0.5) is 17.1 Å². The summed E-state index contributed by atoms with van der Waals surface area (Å²) in [6.45, 7) is 0. The number of hydrogen-bond acceptors (Lipinski definition) is 2. The minimum atomic E-state index is 0.866. The third kappa shape index (κ3) is 5.74. The van der Waals surface area contributed by atoms with Gasteiger partial charge >= 0.3 is 0 Å². The molecule has 1 heterocycles. The molecule has 58 heavy (non-hydrogen) atoms. The van der Waals surface area contributed by atoms with Gasteiger partial charge in [0.1, 0.15) is 11.2 Å². The van der Waals surface area contributed by atoms with Crippen molar-refractivity contribution in [1.29, 1.82) is 0 Å². The van der Waals surface area contributed by atoms with Crippen molar-refractivity contribution in [2.45, 2.75) is 0 Å². The molecule has 10 aromatic carbocycles. The van der Waals surface area contributed by atoms with Crippen molar-refractivity contribution in [3.8, 4) is 44.5 Å². The van der Waals surface area contributed by atoms with Crippen molar-refractivity contribution in [3.63, 3.8) is 0 Å². The van der Waals surface area contributed by atoms with E-state index < -0.39 is 0 Å². The molecule has 0 saturated heterocycles. The van der Waals surface area contributed by atoms with Crippen LogP contribution in [-0.4, -0.2) is 0 Å². The Morgan fingerprint density at radius 3 is 1.62 bits per heavy atom. The van der Waals surface area contributed by atoms with Crippen molar-refractivity contribution < 1.29 is 4.42 Å².